The fourth-order valence-electron chi connectivity index (χ4n) is 2.68. The molecule has 0 spiro atoms. The number of carboxylic acid groups (broad SMARTS) is 1. The number of unbranched alkanes of at least 4 members (excludes halogenated alkanes) is 8. The summed E-state index contributed by atoms with van der Waals surface area (Å²) in [5, 5.41) is 11.1. The minimum Gasteiger partial charge on any atom is -0.481 e. The van der Waals surface area contributed by atoms with Gasteiger partial charge in [-0.05, 0) is 26.2 Å². The molecule has 0 rings (SSSR count). The van der Waals surface area contributed by atoms with Gasteiger partial charge in [0, 0.05) is 25.8 Å². The third-order valence-electron chi connectivity index (χ3n) is 4.20. The number of hydrogen-bond donors (Lipinski definition) is 2. The molecule has 7 nitrogen and oxygen atoms in total. The minimum absolute atomic E-state index is 0.238. The molecule has 0 aliphatic rings. The molecule has 7 heteroatoms. The van der Waals surface area contributed by atoms with Gasteiger partial charge in [0.05, 0.1) is 6.61 Å². The maximum atomic E-state index is 11.7. The summed E-state index contributed by atoms with van der Waals surface area (Å²) in [5.74, 6) is -1.99. The van der Waals surface area contributed by atoms with E-state index in [1.54, 1.807) is 6.92 Å². The number of carboxylic acids is 1. The Hall–Kier alpha value is -1.92. The fraction of sp³-hybridized carbons (Fsp3) is 0.800. The average molecular weight is 386 g/mol. The first-order valence-corrected chi connectivity index (χ1v) is 10.2. The topological polar surface area (TPSA) is 110 Å². The van der Waals surface area contributed by atoms with E-state index in [0.29, 0.717) is 26.0 Å². The quantitative estimate of drug-likeness (QED) is 0.213. The second-order valence-electron chi connectivity index (χ2n) is 6.66. The highest BCUT2D eigenvalue weighted by Crippen LogP contribution is 2.11. The van der Waals surface area contributed by atoms with E-state index in [1.807, 2.05) is 0 Å². The maximum absolute atomic E-state index is 11.7. The van der Waals surface area contributed by atoms with Gasteiger partial charge >= 0.3 is 11.9 Å². The monoisotopic (exact) mass is 385 g/mol. The van der Waals surface area contributed by atoms with Crippen molar-refractivity contribution >= 4 is 23.6 Å². The highest BCUT2D eigenvalue weighted by molar-refractivity contribution is 6.36. The van der Waals surface area contributed by atoms with E-state index in [9.17, 15) is 19.2 Å². The number of rotatable bonds is 18. The van der Waals surface area contributed by atoms with Gasteiger partial charge in [0.1, 0.15) is 0 Å². The van der Waals surface area contributed by atoms with Gasteiger partial charge in [0.25, 0.3) is 5.91 Å². The lowest BCUT2D eigenvalue weighted by molar-refractivity contribution is -0.143. The molecule has 0 aromatic rings. The number of nitrogens with one attached hydrogen (secondary N) is 1. The van der Waals surface area contributed by atoms with Crippen molar-refractivity contribution in [1.82, 2.24) is 5.32 Å². The number of carbonyl (C=O) groups is 4. The summed E-state index contributed by atoms with van der Waals surface area (Å²) in [6, 6.07) is 0. The van der Waals surface area contributed by atoms with Crippen LogP contribution in [0.1, 0.15) is 90.4 Å². The number of hydrogen-bond acceptors (Lipinski definition) is 5. The summed E-state index contributed by atoms with van der Waals surface area (Å²) < 4.78 is 4.78. The summed E-state index contributed by atoms with van der Waals surface area (Å²) >= 11 is 0. The van der Waals surface area contributed by atoms with Gasteiger partial charge < -0.3 is 15.2 Å². The molecule has 0 atom stereocenters. The number of ether oxygens (including phenoxy) is 1. The molecule has 2 N–H and O–H groups in total. The van der Waals surface area contributed by atoms with Crippen LogP contribution in [-0.4, -0.2) is 41.9 Å². The lowest BCUT2D eigenvalue weighted by atomic mass is 10.0. The van der Waals surface area contributed by atoms with Crippen molar-refractivity contribution < 1.29 is 29.0 Å². The molecule has 27 heavy (non-hydrogen) atoms. The van der Waals surface area contributed by atoms with Crippen LogP contribution in [0, 0.1) is 0 Å². The maximum Gasteiger partial charge on any atom is 0.305 e. The molecule has 0 fully saturated rings. The van der Waals surface area contributed by atoms with Crippen LogP contribution in [0.3, 0.4) is 0 Å². The van der Waals surface area contributed by atoms with Crippen LogP contribution >= 0.6 is 0 Å². The first-order chi connectivity index (χ1) is 13.0. The zero-order valence-electron chi connectivity index (χ0n) is 16.6. The zero-order valence-corrected chi connectivity index (χ0v) is 16.6. The van der Waals surface area contributed by atoms with E-state index in [-0.39, 0.29) is 25.2 Å². The first-order valence-electron chi connectivity index (χ1n) is 10.2. The number of Topliss-reactive ketones (excluding diaryl/α,β-unsaturated/α-hetero) is 1. The van der Waals surface area contributed by atoms with Crippen LogP contribution < -0.4 is 5.32 Å². The third-order valence-corrected chi connectivity index (χ3v) is 4.20. The van der Waals surface area contributed by atoms with Gasteiger partial charge in [0.15, 0.2) is 0 Å². The van der Waals surface area contributed by atoms with Gasteiger partial charge in [-0.1, -0.05) is 44.9 Å². The first kappa shape index (κ1) is 25.1. The van der Waals surface area contributed by atoms with Crippen molar-refractivity contribution in [3.63, 3.8) is 0 Å². The molecular formula is C20H35NO6. The molecule has 0 aromatic heterocycles. The van der Waals surface area contributed by atoms with Crippen LogP contribution in [-0.2, 0) is 23.9 Å². The molecule has 0 bridgehead atoms. The number of esters is 1. The van der Waals surface area contributed by atoms with E-state index in [1.165, 1.54) is 0 Å². The number of carbonyl (C=O) groups excluding carboxylic acids is 3. The Bertz CT molecular complexity index is 450. The van der Waals surface area contributed by atoms with E-state index < -0.39 is 17.7 Å². The second kappa shape index (κ2) is 17.5. The van der Waals surface area contributed by atoms with Crippen molar-refractivity contribution in [1.29, 1.82) is 0 Å². The Morgan fingerprint density at radius 3 is 1.78 bits per heavy atom. The summed E-state index contributed by atoms with van der Waals surface area (Å²) in [4.78, 5) is 44.9. The number of amides is 1. The Morgan fingerprint density at radius 1 is 0.741 bits per heavy atom. The molecule has 0 heterocycles. The van der Waals surface area contributed by atoms with Gasteiger partial charge in [-0.2, -0.15) is 0 Å². The normalized spacial score (nSPS) is 10.4. The minimum atomic E-state index is -0.727. The summed E-state index contributed by atoms with van der Waals surface area (Å²) in [6.45, 7) is 2.38. The van der Waals surface area contributed by atoms with E-state index in [2.05, 4.69) is 5.32 Å². The second-order valence-corrected chi connectivity index (χ2v) is 6.66. The largest absolute Gasteiger partial charge is 0.481 e. The van der Waals surface area contributed by atoms with Crippen LogP contribution in [0.4, 0.5) is 0 Å². The van der Waals surface area contributed by atoms with E-state index in [0.717, 1.165) is 51.4 Å². The fourth-order valence-corrected chi connectivity index (χ4v) is 2.68. The highest BCUT2D eigenvalue weighted by Gasteiger charge is 2.12. The SMILES string of the molecule is CCOC(=O)CCCNC(=O)C(=O)CCCCCCCCCCCC(=O)O. The Balaban J connectivity index is 3.43. The van der Waals surface area contributed by atoms with Crippen molar-refractivity contribution in [3.8, 4) is 0 Å². The predicted molar refractivity (Wildman–Crippen MR) is 102 cm³/mol. The van der Waals surface area contributed by atoms with Crippen molar-refractivity contribution in [2.24, 2.45) is 0 Å². The molecule has 1 amide bonds. The molecule has 0 saturated carbocycles. The van der Waals surface area contributed by atoms with Crippen molar-refractivity contribution in [2.45, 2.75) is 90.4 Å². The zero-order chi connectivity index (χ0) is 20.3. The summed E-state index contributed by atoms with van der Waals surface area (Å²) in [6.07, 6.45) is 10.1. The van der Waals surface area contributed by atoms with Gasteiger partial charge in [-0.25, -0.2) is 0 Å². The number of aliphatic carboxylic acids is 1. The summed E-state index contributed by atoms with van der Waals surface area (Å²) in [7, 11) is 0. The lowest BCUT2D eigenvalue weighted by Gasteiger charge is -2.05. The predicted octanol–water partition coefficient (Wildman–Crippen LogP) is 3.39. The van der Waals surface area contributed by atoms with Crippen LogP contribution in [0.25, 0.3) is 0 Å². The van der Waals surface area contributed by atoms with E-state index >= 15 is 0 Å². The van der Waals surface area contributed by atoms with Crippen molar-refractivity contribution in [2.75, 3.05) is 13.2 Å². The standard InChI is InChI=1S/C20H35NO6/c1-2-27-19(25)15-12-16-21-20(26)17(22)13-10-8-6-4-3-5-7-9-11-14-18(23)24/h2-16H2,1H3,(H,21,26)(H,23,24). The number of ketones is 1. The van der Waals surface area contributed by atoms with Gasteiger partial charge in [0.2, 0.25) is 5.78 Å². The van der Waals surface area contributed by atoms with Gasteiger partial charge in [-0.3, -0.25) is 19.2 Å². The molecule has 0 unspecified atom stereocenters. The summed E-state index contributed by atoms with van der Waals surface area (Å²) in [5.41, 5.74) is 0. The van der Waals surface area contributed by atoms with Crippen molar-refractivity contribution in [3.05, 3.63) is 0 Å². The molecule has 0 saturated heterocycles. The Labute approximate surface area is 162 Å². The van der Waals surface area contributed by atoms with E-state index in [4.69, 9.17) is 9.84 Å². The lowest BCUT2D eigenvalue weighted by Crippen LogP contribution is -2.31. The molecule has 0 radical (unpaired) electrons. The van der Waals surface area contributed by atoms with Crippen LogP contribution in [0.15, 0.2) is 0 Å². The Kier molecular flexibility index (Phi) is 16.2. The Morgan fingerprint density at radius 2 is 1.26 bits per heavy atom. The molecular weight excluding hydrogens is 350 g/mol. The smallest absolute Gasteiger partial charge is 0.305 e. The highest BCUT2D eigenvalue weighted by atomic mass is 16.5. The molecule has 156 valence electrons. The third kappa shape index (κ3) is 17.3. The molecule has 0 aliphatic heterocycles. The van der Waals surface area contributed by atoms with Gasteiger partial charge in [-0.15, -0.1) is 0 Å². The van der Waals surface area contributed by atoms with Crippen LogP contribution in [0.5, 0.6) is 0 Å². The molecule has 0 aliphatic carbocycles. The average Bonchev–Trinajstić information content (AvgIpc) is 2.62. The molecule has 0 aromatic carbocycles. The van der Waals surface area contributed by atoms with Crippen LogP contribution in [0.2, 0.25) is 0 Å².